The molecule has 146 valence electrons. The van der Waals surface area contributed by atoms with Gasteiger partial charge in [0, 0.05) is 35.6 Å². The maximum absolute atomic E-state index is 12.8. The topological polar surface area (TPSA) is 57.8 Å². The number of rotatable bonds is 6. The molecule has 4 rings (SSSR count). The van der Waals surface area contributed by atoms with Crippen molar-refractivity contribution < 1.29 is 4.79 Å². The van der Waals surface area contributed by atoms with E-state index in [0.717, 1.165) is 27.7 Å². The summed E-state index contributed by atoms with van der Waals surface area (Å²) in [6.45, 7) is 0.391. The maximum Gasteiger partial charge on any atom is 0.221 e. The molecule has 0 aliphatic carbocycles. The third-order valence-electron chi connectivity index (χ3n) is 4.93. The minimum Gasteiger partial charge on any atom is -0.361 e. The predicted octanol–water partition coefficient (Wildman–Crippen LogP) is 5.71. The molecule has 2 heterocycles. The first kappa shape index (κ1) is 19.5. The summed E-state index contributed by atoms with van der Waals surface area (Å²) >= 11 is 12.4. The van der Waals surface area contributed by atoms with Gasteiger partial charge < -0.3 is 10.3 Å². The fourth-order valence-corrected chi connectivity index (χ4v) is 3.77. The van der Waals surface area contributed by atoms with E-state index >= 15 is 0 Å². The maximum atomic E-state index is 12.8. The summed E-state index contributed by atoms with van der Waals surface area (Å²) in [5.41, 5.74) is 3.84. The molecule has 0 spiro atoms. The van der Waals surface area contributed by atoms with Crippen LogP contribution < -0.4 is 5.32 Å². The van der Waals surface area contributed by atoms with Crippen LogP contribution in [0.1, 0.15) is 29.2 Å². The minimum atomic E-state index is -0.162. The molecule has 2 N–H and O–H groups in total. The molecule has 2 aromatic carbocycles. The summed E-state index contributed by atoms with van der Waals surface area (Å²) in [7, 11) is 0. The molecule has 0 radical (unpaired) electrons. The predicted molar refractivity (Wildman–Crippen MR) is 117 cm³/mol. The Morgan fingerprint density at radius 1 is 1.03 bits per heavy atom. The molecule has 0 aliphatic heterocycles. The lowest BCUT2D eigenvalue weighted by molar-refractivity contribution is -0.121. The monoisotopic (exact) mass is 423 g/mol. The Kier molecular flexibility index (Phi) is 5.84. The molecule has 0 fully saturated rings. The smallest absolute Gasteiger partial charge is 0.221 e. The zero-order valence-corrected chi connectivity index (χ0v) is 17.0. The Labute approximate surface area is 178 Å². The average molecular weight is 424 g/mol. The fourth-order valence-electron chi connectivity index (χ4n) is 3.47. The number of nitrogens with one attached hydrogen (secondary N) is 2. The molecular weight excluding hydrogens is 405 g/mol. The fraction of sp³-hybridized carbons (Fsp3) is 0.130. The molecular formula is C23H19Cl2N3O. The third-order valence-corrected chi connectivity index (χ3v) is 5.66. The molecule has 1 unspecified atom stereocenters. The van der Waals surface area contributed by atoms with Gasteiger partial charge in [-0.1, -0.05) is 53.5 Å². The van der Waals surface area contributed by atoms with Crippen molar-refractivity contribution in [2.45, 2.75) is 18.9 Å². The van der Waals surface area contributed by atoms with Gasteiger partial charge in [-0.15, -0.1) is 0 Å². The van der Waals surface area contributed by atoms with E-state index < -0.39 is 0 Å². The summed E-state index contributed by atoms with van der Waals surface area (Å²) < 4.78 is 0. The highest BCUT2D eigenvalue weighted by atomic mass is 35.5. The van der Waals surface area contributed by atoms with Crippen molar-refractivity contribution in [1.29, 1.82) is 0 Å². The van der Waals surface area contributed by atoms with E-state index in [1.165, 1.54) is 0 Å². The SMILES string of the molecule is O=C(CC(c1ccc(Cl)c(Cl)c1)c1c[nH]c2ccccc12)NCc1ccccn1. The second kappa shape index (κ2) is 8.68. The molecule has 2 aromatic heterocycles. The standard InChI is InChI=1S/C23H19Cl2N3O/c24-20-9-8-15(11-21(20)25)18(19-14-27-22-7-2-1-6-17(19)22)12-23(29)28-13-16-5-3-4-10-26-16/h1-11,14,18,27H,12-13H2,(H,28,29). The number of carbonyl (C=O) groups is 1. The number of aromatic amines is 1. The van der Waals surface area contributed by atoms with Crippen LogP contribution in [-0.4, -0.2) is 15.9 Å². The van der Waals surface area contributed by atoms with Crippen LogP contribution in [-0.2, 0) is 11.3 Å². The molecule has 0 aliphatic rings. The van der Waals surface area contributed by atoms with Crippen LogP contribution in [0.25, 0.3) is 10.9 Å². The van der Waals surface area contributed by atoms with Gasteiger partial charge in [0.1, 0.15) is 0 Å². The van der Waals surface area contributed by atoms with E-state index in [1.54, 1.807) is 12.3 Å². The summed E-state index contributed by atoms with van der Waals surface area (Å²) in [6, 6.07) is 19.2. The van der Waals surface area contributed by atoms with Crippen molar-refractivity contribution in [3.8, 4) is 0 Å². The Hall–Kier alpha value is -2.82. The molecule has 1 amide bonds. The number of benzene rings is 2. The Morgan fingerprint density at radius 2 is 1.86 bits per heavy atom. The van der Waals surface area contributed by atoms with Gasteiger partial charge in [0.25, 0.3) is 0 Å². The van der Waals surface area contributed by atoms with Gasteiger partial charge in [0.2, 0.25) is 5.91 Å². The van der Waals surface area contributed by atoms with Crippen molar-refractivity contribution in [3.63, 3.8) is 0 Å². The largest absolute Gasteiger partial charge is 0.361 e. The molecule has 0 bridgehead atoms. The van der Waals surface area contributed by atoms with Crippen molar-refractivity contribution in [1.82, 2.24) is 15.3 Å². The van der Waals surface area contributed by atoms with Gasteiger partial charge >= 0.3 is 0 Å². The van der Waals surface area contributed by atoms with Crippen LogP contribution in [0.5, 0.6) is 0 Å². The Bertz CT molecular complexity index is 1140. The zero-order valence-electron chi connectivity index (χ0n) is 15.5. The van der Waals surface area contributed by atoms with Gasteiger partial charge in [0.15, 0.2) is 0 Å². The highest BCUT2D eigenvalue weighted by molar-refractivity contribution is 6.42. The van der Waals surface area contributed by atoms with Crippen molar-refractivity contribution in [3.05, 3.63) is 99.9 Å². The van der Waals surface area contributed by atoms with Gasteiger partial charge in [-0.05, 0) is 41.5 Å². The summed E-state index contributed by atoms with van der Waals surface area (Å²) in [5.74, 6) is -0.221. The lowest BCUT2D eigenvalue weighted by Gasteiger charge is -2.18. The van der Waals surface area contributed by atoms with Gasteiger partial charge in [-0.25, -0.2) is 0 Å². The van der Waals surface area contributed by atoms with E-state index in [-0.39, 0.29) is 18.2 Å². The third kappa shape index (κ3) is 4.44. The first-order valence-corrected chi connectivity index (χ1v) is 10.0. The number of para-hydroxylation sites is 1. The van der Waals surface area contributed by atoms with Gasteiger partial charge in [0.05, 0.1) is 22.3 Å². The minimum absolute atomic E-state index is 0.0583. The highest BCUT2D eigenvalue weighted by Gasteiger charge is 2.22. The van der Waals surface area contributed by atoms with Crippen LogP contribution >= 0.6 is 23.2 Å². The van der Waals surface area contributed by atoms with Crippen LogP contribution in [0.2, 0.25) is 10.0 Å². The number of amides is 1. The van der Waals surface area contributed by atoms with Crippen molar-refractivity contribution in [2.24, 2.45) is 0 Å². The van der Waals surface area contributed by atoms with Crippen molar-refractivity contribution in [2.75, 3.05) is 0 Å². The number of nitrogens with zero attached hydrogens (tertiary/aromatic N) is 1. The van der Waals surface area contributed by atoms with E-state index in [0.29, 0.717) is 16.6 Å². The average Bonchev–Trinajstić information content (AvgIpc) is 3.17. The lowest BCUT2D eigenvalue weighted by Crippen LogP contribution is -2.25. The number of halogens is 2. The summed E-state index contributed by atoms with van der Waals surface area (Å²) in [6.07, 6.45) is 3.96. The number of H-pyrrole nitrogens is 1. The molecule has 4 nitrogen and oxygen atoms in total. The normalized spacial score (nSPS) is 12.1. The number of fused-ring (bicyclic) bond motifs is 1. The molecule has 4 aromatic rings. The van der Waals surface area contributed by atoms with E-state index in [1.807, 2.05) is 54.7 Å². The van der Waals surface area contributed by atoms with E-state index in [9.17, 15) is 4.79 Å². The number of hydrogen-bond donors (Lipinski definition) is 2. The molecule has 0 saturated carbocycles. The molecule has 29 heavy (non-hydrogen) atoms. The lowest BCUT2D eigenvalue weighted by atomic mass is 9.88. The number of hydrogen-bond acceptors (Lipinski definition) is 2. The second-order valence-corrected chi connectivity index (χ2v) is 7.63. The van der Waals surface area contributed by atoms with E-state index in [2.05, 4.69) is 21.4 Å². The van der Waals surface area contributed by atoms with Crippen LogP contribution in [0.4, 0.5) is 0 Å². The van der Waals surface area contributed by atoms with Crippen LogP contribution in [0.3, 0.4) is 0 Å². The molecule has 6 heteroatoms. The zero-order chi connectivity index (χ0) is 20.2. The van der Waals surface area contributed by atoms with Crippen LogP contribution in [0, 0.1) is 0 Å². The van der Waals surface area contributed by atoms with Crippen molar-refractivity contribution >= 4 is 40.0 Å². The van der Waals surface area contributed by atoms with E-state index in [4.69, 9.17) is 23.2 Å². The Morgan fingerprint density at radius 3 is 2.66 bits per heavy atom. The molecule has 1 atom stereocenters. The number of carbonyl (C=O) groups excluding carboxylic acids is 1. The number of aromatic nitrogens is 2. The number of pyridine rings is 1. The summed E-state index contributed by atoms with van der Waals surface area (Å²) in [4.78, 5) is 20.3. The summed E-state index contributed by atoms with van der Waals surface area (Å²) in [5, 5.41) is 5.02. The first-order chi connectivity index (χ1) is 14.1. The Balaban J connectivity index is 1.63. The highest BCUT2D eigenvalue weighted by Crippen LogP contribution is 2.36. The molecule has 0 saturated heterocycles. The van der Waals surface area contributed by atoms with Gasteiger partial charge in [-0.3, -0.25) is 9.78 Å². The van der Waals surface area contributed by atoms with Crippen LogP contribution in [0.15, 0.2) is 73.1 Å². The second-order valence-electron chi connectivity index (χ2n) is 6.82. The van der Waals surface area contributed by atoms with Gasteiger partial charge in [-0.2, -0.15) is 0 Å². The quantitative estimate of drug-likeness (QED) is 0.417. The first-order valence-electron chi connectivity index (χ1n) is 9.29.